The Morgan fingerprint density at radius 2 is 2.12 bits per heavy atom. The number of carbonyl (C=O) groups excluding carboxylic acids is 1. The molecule has 7 heteroatoms. The second-order valence-electron chi connectivity index (χ2n) is 2.98. The number of anilines is 1. The van der Waals surface area contributed by atoms with Gasteiger partial charge in [0.25, 0.3) is 0 Å². The van der Waals surface area contributed by atoms with Crippen LogP contribution in [0.2, 0.25) is 0 Å². The average Bonchev–Trinajstić information content (AvgIpc) is 2.83. The number of tetrazole rings is 1. The molecule has 16 heavy (non-hydrogen) atoms. The molecule has 1 amide bonds. The van der Waals surface area contributed by atoms with Gasteiger partial charge in [-0.05, 0) is 34.7 Å². The lowest BCUT2D eigenvalue weighted by Gasteiger charge is -2.04. The first-order chi connectivity index (χ1) is 7.79. The molecule has 6 nitrogen and oxygen atoms in total. The number of nitrogens with one attached hydrogen (secondary N) is 1. The molecule has 82 valence electrons. The van der Waals surface area contributed by atoms with Gasteiger partial charge in [-0.1, -0.05) is 15.9 Å². The van der Waals surface area contributed by atoms with Crippen molar-refractivity contribution >= 4 is 27.5 Å². The zero-order chi connectivity index (χ0) is 11.4. The molecule has 0 saturated carbocycles. The number of hydrogen-bond donors (Lipinski definition) is 1. The van der Waals surface area contributed by atoms with Crippen LogP contribution in [0.25, 0.3) is 5.69 Å². The van der Waals surface area contributed by atoms with Crippen LogP contribution in [-0.2, 0) is 4.79 Å². The minimum Gasteiger partial charge on any atom is -0.325 e. The Balaban J connectivity index is 2.14. The Morgan fingerprint density at radius 3 is 2.69 bits per heavy atom. The van der Waals surface area contributed by atoms with E-state index in [1.165, 1.54) is 11.0 Å². The normalized spacial score (nSPS) is 10.1. The molecule has 0 atom stereocenters. The maximum atomic E-state index is 11.1. The molecule has 1 aromatic carbocycles. The average molecular weight is 282 g/mol. The SMILES string of the molecule is O=C(CBr)Nc1ccc(-n2cnnn2)cc1. The van der Waals surface area contributed by atoms with E-state index in [4.69, 9.17) is 0 Å². The van der Waals surface area contributed by atoms with Gasteiger partial charge in [0.1, 0.15) is 6.33 Å². The van der Waals surface area contributed by atoms with Gasteiger partial charge in [-0.2, -0.15) is 0 Å². The van der Waals surface area contributed by atoms with Gasteiger partial charge in [0.2, 0.25) is 5.91 Å². The van der Waals surface area contributed by atoms with Gasteiger partial charge in [0, 0.05) is 5.69 Å². The number of benzene rings is 1. The fourth-order valence-corrected chi connectivity index (χ4v) is 1.31. The summed E-state index contributed by atoms with van der Waals surface area (Å²) in [6, 6.07) is 7.22. The predicted molar refractivity (Wildman–Crippen MR) is 61.6 cm³/mol. The molecule has 1 N–H and O–H groups in total. The van der Waals surface area contributed by atoms with E-state index in [2.05, 4.69) is 36.8 Å². The summed E-state index contributed by atoms with van der Waals surface area (Å²) in [5.74, 6) is -0.0878. The second kappa shape index (κ2) is 4.84. The van der Waals surface area contributed by atoms with Gasteiger partial charge >= 0.3 is 0 Å². The first kappa shape index (κ1) is 10.7. The highest BCUT2D eigenvalue weighted by atomic mass is 79.9. The molecule has 0 fully saturated rings. The predicted octanol–water partition coefficient (Wildman–Crippen LogP) is 0.996. The third-order valence-corrected chi connectivity index (χ3v) is 2.40. The lowest BCUT2D eigenvalue weighted by molar-refractivity contribution is -0.113. The van der Waals surface area contributed by atoms with E-state index >= 15 is 0 Å². The number of rotatable bonds is 3. The molecular weight excluding hydrogens is 274 g/mol. The van der Waals surface area contributed by atoms with E-state index in [0.29, 0.717) is 0 Å². The van der Waals surface area contributed by atoms with Gasteiger partial charge in [-0.25, -0.2) is 4.68 Å². The van der Waals surface area contributed by atoms with Crippen LogP contribution in [0.5, 0.6) is 0 Å². The summed E-state index contributed by atoms with van der Waals surface area (Å²) in [5.41, 5.74) is 1.57. The number of hydrogen-bond acceptors (Lipinski definition) is 4. The molecular formula is C9H8BrN5O. The van der Waals surface area contributed by atoms with E-state index in [-0.39, 0.29) is 11.2 Å². The summed E-state index contributed by atoms with van der Waals surface area (Å²) in [6.07, 6.45) is 1.51. The van der Waals surface area contributed by atoms with Crippen LogP contribution < -0.4 is 5.32 Å². The summed E-state index contributed by atoms with van der Waals surface area (Å²) < 4.78 is 1.54. The number of aromatic nitrogens is 4. The Hall–Kier alpha value is -1.76. The highest BCUT2D eigenvalue weighted by Gasteiger charge is 2.01. The molecule has 0 aliphatic rings. The molecule has 1 heterocycles. The Labute approximate surface area is 99.8 Å². The summed E-state index contributed by atoms with van der Waals surface area (Å²) in [7, 11) is 0. The van der Waals surface area contributed by atoms with Gasteiger partial charge < -0.3 is 5.32 Å². The molecule has 0 radical (unpaired) electrons. The molecule has 0 bridgehead atoms. The molecule has 0 unspecified atom stereocenters. The van der Waals surface area contributed by atoms with Gasteiger partial charge in [0.05, 0.1) is 11.0 Å². The Kier molecular flexibility index (Phi) is 3.25. The molecule has 2 aromatic rings. The van der Waals surface area contributed by atoms with Crippen molar-refractivity contribution in [3.63, 3.8) is 0 Å². The van der Waals surface area contributed by atoms with E-state index in [1.54, 1.807) is 12.1 Å². The molecule has 1 aromatic heterocycles. The van der Waals surface area contributed by atoms with Crippen LogP contribution in [0.1, 0.15) is 0 Å². The summed E-state index contributed by atoms with van der Waals surface area (Å²) in [5, 5.41) is 13.8. The third kappa shape index (κ3) is 2.43. The lowest BCUT2D eigenvalue weighted by Crippen LogP contribution is -2.12. The molecule has 0 spiro atoms. The van der Waals surface area contributed by atoms with Crippen LogP contribution in [0.4, 0.5) is 5.69 Å². The molecule has 0 aliphatic heterocycles. The number of carbonyl (C=O) groups is 1. The van der Waals surface area contributed by atoms with Crippen molar-refractivity contribution in [1.29, 1.82) is 0 Å². The van der Waals surface area contributed by atoms with Crippen LogP contribution in [0.3, 0.4) is 0 Å². The van der Waals surface area contributed by atoms with Crippen LogP contribution in [0, 0.1) is 0 Å². The quantitative estimate of drug-likeness (QED) is 0.852. The highest BCUT2D eigenvalue weighted by Crippen LogP contribution is 2.11. The highest BCUT2D eigenvalue weighted by molar-refractivity contribution is 9.09. The summed E-state index contributed by atoms with van der Waals surface area (Å²) >= 11 is 3.08. The Morgan fingerprint density at radius 1 is 1.38 bits per heavy atom. The maximum absolute atomic E-state index is 11.1. The largest absolute Gasteiger partial charge is 0.325 e. The van der Waals surface area contributed by atoms with Crippen molar-refractivity contribution in [2.75, 3.05) is 10.6 Å². The van der Waals surface area contributed by atoms with Crippen LogP contribution in [0.15, 0.2) is 30.6 Å². The van der Waals surface area contributed by atoms with Crippen molar-refractivity contribution < 1.29 is 4.79 Å². The molecule has 0 saturated heterocycles. The zero-order valence-electron chi connectivity index (χ0n) is 8.17. The molecule has 0 aliphatic carbocycles. The summed E-state index contributed by atoms with van der Waals surface area (Å²) in [4.78, 5) is 11.1. The smallest absolute Gasteiger partial charge is 0.235 e. The Bertz CT molecular complexity index is 467. The first-order valence-corrected chi connectivity index (χ1v) is 5.61. The zero-order valence-corrected chi connectivity index (χ0v) is 9.75. The van der Waals surface area contributed by atoms with Gasteiger partial charge in [-0.3, -0.25) is 4.79 Å². The van der Waals surface area contributed by atoms with Crippen molar-refractivity contribution in [2.24, 2.45) is 0 Å². The molecule has 2 rings (SSSR count). The maximum Gasteiger partial charge on any atom is 0.235 e. The monoisotopic (exact) mass is 281 g/mol. The second-order valence-corrected chi connectivity index (χ2v) is 3.54. The van der Waals surface area contributed by atoms with E-state index in [1.807, 2.05) is 12.1 Å². The minimum atomic E-state index is -0.0878. The van der Waals surface area contributed by atoms with E-state index in [9.17, 15) is 4.79 Å². The first-order valence-electron chi connectivity index (χ1n) is 4.49. The lowest BCUT2D eigenvalue weighted by atomic mass is 10.3. The van der Waals surface area contributed by atoms with E-state index in [0.717, 1.165) is 11.4 Å². The number of alkyl halides is 1. The number of nitrogens with zero attached hydrogens (tertiary/aromatic N) is 4. The van der Waals surface area contributed by atoms with Crippen molar-refractivity contribution in [3.05, 3.63) is 30.6 Å². The van der Waals surface area contributed by atoms with Crippen molar-refractivity contribution in [3.8, 4) is 5.69 Å². The minimum absolute atomic E-state index is 0.0878. The van der Waals surface area contributed by atoms with Gasteiger partial charge in [-0.15, -0.1) is 5.10 Å². The standard InChI is InChI=1S/C9H8BrN5O/c10-5-9(16)12-7-1-3-8(4-2-7)15-6-11-13-14-15/h1-4,6H,5H2,(H,12,16). The number of amides is 1. The fraction of sp³-hybridized carbons (Fsp3) is 0.111. The van der Waals surface area contributed by atoms with E-state index < -0.39 is 0 Å². The summed E-state index contributed by atoms with van der Waals surface area (Å²) in [6.45, 7) is 0. The van der Waals surface area contributed by atoms with Crippen LogP contribution in [-0.4, -0.2) is 31.4 Å². The van der Waals surface area contributed by atoms with Crippen molar-refractivity contribution in [2.45, 2.75) is 0 Å². The topological polar surface area (TPSA) is 72.7 Å². The number of halogens is 1. The van der Waals surface area contributed by atoms with Crippen molar-refractivity contribution in [1.82, 2.24) is 20.2 Å². The van der Waals surface area contributed by atoms with Crippen LogP contribution >= 0.6 is 15.9 Å². The van der Waals surface area contributed by atoms with Gasteiger partial charge in [0.15, 0.2) is 0 Å². The fourth-order valence-electron chi connectivity index (χ4n) is 1.17. The third-order valence-electron chi connectivity index (χ3n) is 1.89.